The zero-order chi connectivity index (χ0) is 13.9. The number of aromatic nitrogens is 3. The number of ether oxygens (including phenoxy) is 1. The van der Waals surface area contributed by atoms with Gasteiger partial charge in [-0.05, 0) is 37.8 Å². The molecule has 2 aromatic rings. The van der Waals surface area contributed by atoms with Crippen LogP contribution in [-0.2, 0) is 12.8 Å². The van der Waals surface area contributed by atoms with Crippen LogP contribution >= 0.6 is 0 Å². The maximum absolute atomic E-state index is 11.1. The molecule has 1 aliphatic carbocycles. The van der Waals surface area contributed by atoms with Crippen molar-refractivity contribution >= 4 is 5.97 Å². The van der Waals surface area contributed by atoms with E-state index in [1.54, 1.807) is 12.1 Å². The fourth-order valence-electron chi connectivity index (χ4n) is 2.32. The summed E-state index contributed by atoms with van der Waals surface area (Å²) in [7, 11) is 0. The highest BCUT2D eigenvalue weighted by Crippen LogP contribution is 2.30. The first kappa shape index (κ1) is 12.5. The number of rotatable bonds is 3. The summed E-state index contributed by atoms with van der Waals surface area (Å²) in [6.07, 6.45) is 6.82. The van der Waals surface area contributed by atoms with Gasteiger partial charge in [0.1, 0.15) is 6.33 Å². The van der Waals surface area contributed by atoms with E-state index in [4.69, 9.17) is 9.84 Å². The van der Waals surface area contributed by atoms with Gasteiger partial charge in [0.15, 0.2) is 11.4 Å². The molecule has 0 radical (unpaired) electrons. The van der Waals surface area contributed by atoms with Gasteiger partial charge in [-0.25, -0.2) is 19.7 Å². The predicted octanol–water partition coefficient (Wildman–Crippen LogP) is 2.24. The Hall–Kier alpha value is -2.50. The van der Waals surface area contributed by atoms with Gasteiger partial charge in [-0.15, -0.1) is 0 Å². The highest BCUT2D eigenvalue weighted by molar-refractivity contribution is 5.88. The number of aryl methyl sites for hydroxylation is 1. The smallest absolute Gasteiger partial charge is 0.358 e. The van der Waals surface area contributed by atoms with Crippen LogP contribution in [0.2, 0.25) is 0 Å². The topological polar surface area (TPSA) is 85.2 Å². The van der Waals surface area contributed by atoms with E-state index in [0.717, 1.165) is 36.9 Å². The van der Waals surface area contributed by atoms with Crippen molar-refractivity contribution in [1.82, 2.24) is 15.0 Å². The number of carbonyl (C=O) groups is 1. The standard InChI is InChI=1S/C14H13N3O3/c18-14(19)12-11(6-3-7-15-12)20-13-9-4-1-2-5-10(9)16-8-17-13/h3,6-8H,1-2,4-5H2,(H,18,19). The van der Waals surface area contributed by atoms with Crippen molar-refractivity contribution in [1.29, 1.82) is 0 Å². The number of pyridine rings is 1. The van der Waals surface area contributed by atoms with E-state index in [1.807, 2.05) is 0 Å². The SMILES string of the molecule is O=C(O)c1ncccc1Oc1ncnc2c1CCCC2. The van der Waals surface area contributed by atoms with E-state index in [2.05, 4.69) is 15.0 Å². The van der Waals surface area contributed by atoms with Crippen molar-refractivity contribution in [2.24, 2.45) is 0 Å². The van der Waals surface area contributed by atoms with Gasteiger partial charge < -0.3 is 9.84 Å². The highest BCUT2D eigenvalue weighted by Gasteiger charge is 2.19. The van der Waals surface area contributed by atoms with Gasteiger partial charge in [0, 0.05) is 11.8 Å². The van der Waals surface area contributed by atoms with Crippen LogP contribution < -0.4 is 4.74 Å². The molecule has 6 heteroatoms. The van der Waals surface area contributed by atoms with Crippen molar-refractivity contribution in [3.05, 3.63) is 41.6 Å². The lowest BCUT2D eigenvalue weighted by molar-refractivity contribution is 0.0687. The second-order valence-corrected chi connectivity index (χ2v) is 4.57. The van der Waals surface area contributed by atoms with Crippen molar-refractivity contribution in [2.75, 3.05) is 0 Å². The van der Waals surface area contributed by atoms with Gasteiger partial charge in [0.05, 0.1) is 5.69 Å². The van der Waals surface area contributed by atoms with Crippen LogP contribution in [0.15, 0.2) is 24.7 Å². The fraction of sp³-hybridized carbons (Fsp3) is 0.286. The van der Waals surface area contributed by atoms with Gasteiger partial charge >= 0.3 is 5.97 Å². The summed E-state index contributed by atoms with van der Waals surface area (Å²) in [4.78, 5) is 23.3. The zero-order valence-corrected chi connectivity index (χ0v) is 10.7. The number of carboxylic acid groups (broad SMARTS) is 1. The molecule has 1 N–H and O–H groups in total. The summed E-state index contributed by atoms with van der Waals surface area (Å²) in [6.45, 7) is 0. The van der Waals surface area contributed by atoms with E-state index in [9.17, 15) is 4.79 Å². The van der Waals surface area contributed by atoms with Gasteiger partial charge in [0.25, 0.3) is 0 Å². The summed E-state index contributed by atoms with van der Waals surface area (Å²) in [5.41, 5.74) is 1.84. The van der Waals surface area contributed by atoms with E-state index >= 15 is 0 Å². The molecule has 0 unspecified atom stereocenters. The number of carboxylic acids is 1. The number of hydrogen-bond acceptors (Lipinski definition) is 5. The predicted molar refractivity (Wildman–Crippen MR) is 69.9 cm³/mol. The molecule has 0 amide bonds. The number of hydrogen-bond donors (Lipinski definition) is 1. The molecule has 0 atom stereocenters. The van der Waals surface area contributed by atoms with Gasteiger partial charge in [-0.2, -0.15) is 0 Å². The minimum Gasteiger partial charge on any atom is -0.476 e. The first-order chi connectivity index (χ1) is 9.75. The third-order valence-corrected chi connectivity index (χ3v) is 3.27. The normalized spacial score (nSPS) is 13.6. The summed E-state index contributed by atoms with van der Waals surface area (Å²) < 4.78 is 5.67. The lowest BCUT2D eigenvalue weighted by Gasteiger charge is -2.17. The number of fused-ring (bicyclic) bond motifs is 1. The van der Waals surface area contributed by atoms with E-state index in [1.165, 1.54) is 12.5 Å². The van der Waals surface area contributed by atoms with Crippen LogP contribution in [0, 0.1) is 0 Å². The molecule has 20 heavy (non-hydrogen) atoms. The molecule has 0 aromatic carbocycles. The van der Waals surface area contributed by atoms with Crippen molar-refractivity contribution in [3.8, 4) is 11.6 Å². The van der Waals surface area contributed by atoms with Crippen molar-refractivity contribution in [2.45, 2.75) is 25.7 Å². The summed E-state index contributed by atoms with van der Waals surface area (Å²) >= 11 is 0. The minimum atomic E-state index is -1.12. The minimum absolute atomic E-state index is 0.115. The Morgan fingerprint density at radius 2 is 2.05 bits per heavy atom. The molecule has 2 aromatic heterocycles. The Morgan fingerprint density at radius 3 is 2.90 bits per heavy atom. The Balaban J connectivity index is 1.98. The third kappa shape index (κ3) is 2.32. The summed E-state index contributed by atoms with van der Waals surface area (Å²) in [6, 6.07) is 3.21. The Morgan fingerprint density at radius 1 is 1.20 bits per heavy atom. The molecule has 0 aliphatic heterocycles. The second-order valence-electron chi connectivity index (χ2n) is 4.57. The molecule has 0 bridgehead atoms. The van der Waals surface area contributed by atoms with Gasteiger partial charge in [0.2, 0.25) is 5.88 Å². The van der Waals surface area contributed by atoms with Crippen LogP contribution in [-0.4, -0.2) is 26.0 Å². The average molecular weight is 271 g/mol. The molecule has 3 rings (SSSR count). The molecule has 0 spiro atoms. The molecule has 0 saturated carbocycles. The molecular weight excluding hydrogens is 258 g/mol. The van der Waals surface area contributed by atoms with Gasteiger partial charge in [-0.1, -0.05) is 0 Å². The average Bonchev–Trinajstić information content (AvgIpc) is 2.48. The Kier molecular flexibility index (Phi) is 3.28. The molecule has 0 saturated heterocycles. The summed E-state index contributed by atoms with van der Waals surface area (Å²) in [5, 5.41) is 9.11. The monoisotopic (exact) mass is 271 g/mol. The molecule has 6 nitrogen and oxygen atoms in total. The highest BCUT2D eigenvalue weighted by atomic mass is 16.5. The van der Waals surface area contributed by atoms with Gasteiger partial charge in [-0.3, -0.25) is 0 Å². The molecular formula is C14H13N3O3. The maximum Gasteiger partial charge on any atom is 0.358 e. The Bertz CT molecular complexity index is 658. The Labute approximate surface area is 115 Å². The maximum atomic E-state index is 11.1. The quantitative estimate of drug-likeness (QED) is 0.921. The molecule has 0 fully saturated rings. The largest absolute Gasteiger partial charge is 0.476 e. The van der Waals surface area contributed by atoms with Crippen LogP contribution in [0.3, 0.4) is 0 Å². The second kappa shape index (κ2) is 5.24. The lowest BCUT2D eigenvalue weighted by Crippen LogP contribution is -2.09. The first-order valence-corrected chi connectivity index (χ1v) is 6.44. The van der Waals surface area contributed by atoms with E-state index < -0.39 is 5.97 Å². The van der Waals surface area contributed by atoms with Crippen LogP contribution in [0.25, 0.3) is 0 Å². The van der Waals surface area contributed by atoms with Crippen LogP contribution in [0.4, 0.5) is 0 Å². The lowest BCUT2D eigenvalue weighted by atomic mass is 9.97. The zero-order valence-electron chi connectivity index (χ0n) is 10.7. The fourth-order valence-corrected chi connectivity index (χ4v) is 2.32. The molecule has 102 valence electrons. The van der Waals surface area contributed by atoms with Crippen LogP contribution in [0.1, 0.15) is 34.6 Å². The van der Waals surface area contributed by atoms with Crippen LogP contribution in [0.5, 0.6) is 11.6 Å². The number of aromatic carboxylic acids is 1. The number of nitrogens with zero attached hydrogens (tertiary/aromatic N) is 3. The van der Waals surface area contributed by atoms with E-state index in [-0.39, 0.29) is 11.4 Å². The summed E-state index contributed by atoms with van der Waals surface area (Å²) in [5.74, 6) is -0.486. The van der Waals surface area contributed by atoms with E-state index in [0.29, 0.717) is 5.88 Å². The molecule has 2 heterocycles. The molecule has 1 aliphatic rings. The third-order valence-electron chi connectivity index (χ3n) is 3.27. The van der Waals surface area contributed by atoms with Crippen molar-refractivity contribution < 1.29 is 14.6 Å². The first-order valence-electron chi connectivity index (χ1n) is 6.44. The van der Waals surface area contributed by atoms with Crippen molar-refractivity contribution in [3.63, 3.8) is 0 Å².